The number of fused-ring (bicyclic) bond motifs is 1. The molecule has 0 radical (unpaired) electrons. The molecule has 2 heterocycles. The predicted octanol–water partition coefficient (Wildman–Crippen LogP) is 3.55. The van der Waals surface area contributed by atoms with E-state index >= 15 is 0 Å². The van der Waals surface area contributed by atoms with E-state index in [1.54, 1.807) is 0 Å². The molecule has 5 nitrogen and oxygen atoms in total. The van der Waals surface area contributed by atoms with Crippen LogP contribution in [0, 0.1) is 0 Å². The zero-order valence-corrected chi connectivity index (χ0v) is 13.7. The van der Waals surface area contributed by atoms with Crippen molar-refractivity contribution in [2.45, 2.75) is 25.5 Å². The summed E-state index contributed by atoms with van der Waals surface area (Å²) < 4.78 is 247. The van der Waals surface area contributed by atoms with Crippen LogP contribution in [0.15, 0.2) is 48.3 Å². The second kappa shape index (κ2) is 9.11. The van der Waals surface area contributed by atoms with E-state index in [1.807, 2.05) is 0 Å². The van der Waals surface area contributed by atoms with Gasteiger partial charge >= 0.3 is 0 Å². The second-order valence-electron chi connectivity index (χ2n) is 4.75. The smallest absolute Gasteiger partial charge is 0.224 e. The molecule has 1 amide bonds. The second-order valence-corrected chi connectivity index (χ2v) is 4.75. The van der Waals surface area contributed by atoms with Crippen LogP contribution in [0.25, 0.3) is 0 Å². The van der Waals surface area contributed by atoms with Crippen LogP contribution in [0.2, 0.25) is 1.41 Å². The van der Waals surface area contributed by atoms with Gasteiger partial charge in [-0.2, -0.15) is 0 Å². The van der Waals surface area contributed by atoms with Gasteiger partial charge in [0.1, 0.15) is 5.75 Å². The lowest BCUT2D eigenvalue weighted by Crippen LogP contribution is -2.46. The molecule has 0 aromatic heterocycles. The molecule has 0 bridgehead atoms. The van der Waals surface area contributed by atoms with Crippen molar-refractivity contribution < 1.29 is 49.3 Å². The van der Waals surface area contributed by atoms with Crippen molar-refractivity contribution in [2.75, 3.05) is 49.3 Å². The van der Waals surface area contributed by atoms with E-state index in [4.69, 9.17) is 44.5 Å². The Morgan fingerprint density at radius 1 is 1.11 bits per heavy atom. The van der Waals surface area contributed by atoms with Gasteiger partial charge in [-0.05, 0) is 49.3 Å². The summed E-state index contributed by atoms with van der Waals surface area (Å²) in [5.41, 5.74) is -3.98. The Morgan fingerprint density at radius 3 is 2.75 bits per heavy atom. The van der Waals surface area contributed by atoms with Gasteiger partial charge in [-0.3, -0.25) is 9.69 Å². The molecule has 2 aliphatic heterocycles. The third-order valence-corrected chi connectivity index (χ3v) is 2.97. The normalized spacial score (nSPS) is 45.4. The lowest BCUT2D eigenvalue weighted by Gasteiger charge is -2.36. The number of rotatable bonds is 7. The highest BCUT2D eigenvalue weighted by molar-refractivity contribution is 5.94. The van der Waals surface area contributed by atoms with E-state index in [0.717, 1.165) is 0 Å². The number of anilines is 2. The summed E-state index contributed by atoms with van der Waals surface area (Å²) in [6.07, 6.45) is -16.5. The highest BCUT2D eigenvalue weighted by atomic mass is 16.5. The van der Waals surface area contributed by atoms with Crippen LogP contribution >= 0.6 is 0 Å². The third-order valence-electron chi connectivity index (χ3n) is 2.97. The van der Waals surface area contributed by atoms with Gasteiger partial charge < -0.3 is 14.9 Å². The molecule has 0 saturated carbocycles. The van der Waals surface area contributed by atoms with Gasteiger partial charge in [-0.15, -0.1) is 0 Å². The molecule has 2 aromatic rings. The van der Waals surface area contributed by atoms with Crippen LogP contribution in [0.1, 0.15) is 63.1 Å². The number of piperazine rings is 1. The van der Waals surface area contributed by atoms with E-state index in [9.17, 15) is 4.79 Å². The molecule has 1 fully saturated rings. The van der Waals surface area contributed by atoms with Crippen molar-refractivity contribution in [1.29, 1.82) is 0 Å². The summed E-state index contributed by atoms with van der Waals surface area (Å²) in [7, 11) is 0. The van der Waals surface area contributed by atoms with Crippen molar-refractivity contribution in [3.05, 3.63) is 53.9 Å². The molecule has 2 aromatic carbocycles. The van der Waals surface area contributed by atoms with Gasteiger partial charge in [-0.25, -0.2) is 0 Å². The van der Waals surface area contributed by atoms with Crippen LogP contribution in [0.4, 0.5) is 11.4 Å². The molecule has 1 N–H and O–H groups in total. The molecular formula is C23H29N3O2. The molecule has 0 atom stereocenters. The van der Waals surface area contributed by atoms with Crippen molar-refractivity contribution in [2.24, 2.45) is 0 Å². The minimum atomic E-state index is -4.79. The van der Waals surface area contributed by atoms with Crippen molar-refractivity contribution >= 4 is 17.3 Å². The Balaban J connectivity index is 1.92. The minimum absolute atomic E-state index is 0.415. The molecule has 28 heavy (non-hydrogen) atoms. The fraction of sp³-hybridized carbons (Fsp3) is 0.435. The summed E-state index contributed by atoms with van der Waals surface area (Å²) in [6, 6.07) is -10.7. The molecule has 2 aliphatic rings. The zero-order valence-electron chi connectivity index (χ0n) is 42.7. The first-order valence-corrected chi connectivity index (χ1v) is 7.40. The summed E-state index contributed by atoms with van der Waals surface area (Å²) in [5, 5.41) is -0.415. The summed E-state index contributed by atoms with van der Waals surface area (Å²) in [5.74, 6) is -3.56. The number of carbonyl (C=O) groups is 1. The maximum absolute atomic E-state index is 12.6. The molecule has 0 aliphatic carbocycles. The summed E-state index contributed by atoms with van der Waals surface area (Å²) in [6.45, 7) is -26.8. The SMILES string of the molecule is [2H]c1c([2H])c([2H])c(N2C([2H])([2H])C([2H])([2H])N(C([2H])([2H])C([2H])([2H])C([2H])([2H])C([2H])([2H])Oc3c([2H])c([2H])c4c(c3[2H])N([2H])C(=O)C([2H])([2H])C4([2H])[2H])C([2H])([2H])C2([2H])[2H])c([2H])c1[2H]. The maximum Gasteiger partial charge on any atom is 0.224 e. The minimum Gasteiger partial charge on any atom is -0.494 e. The van der Waals surface area contributed by atoms with Crippen LogP contribution < -0.4 is 14.9 Å². The molecule has 148 valence electrons. The van der Waals surface area contributed by atoms with Crippen LogP contribution in [-0.4, -0.2) is 49.9 Å². The third kappa shape index (κ3) is 4.84. The standard InChI is InChI=1S/C23H29N3O2/c27-23-11-9-19-8-10-21(18-22(19)24-23)28-17-5-4-12-25-13-15-26(16-14-25)20-6-2-1-3-7-20/h1-3,6-8,10,18H,4-5,9,11-17H2,(H,24,27)/i1D,2D,3D,4D2,5D2,6D,7D,8D,9D2,10D,11D2,12D2,13D2,14D2,15D2,16D2,17D2,18D/hD. The number of hydrogen-bond acceptors (Lipinski definition) is 4. The lowest BCUT2D eigenvalue weighted by molar-refractivity contribution is -0.116. The van der Waals surface area contributed by atoms with Gasteiger partial charge in [-0.1, -0.05) is 24.2 Å². The van der Waals surface area contributed by atoms with Gasteiger partial charge in [0.05, 0.1) is 25.7 Å². The fourth-order valence-corrected chi connectivity index (χ4v) is 1.82. The number of amides is 1. The first-order valence-electron chi connectivity index (χ1n) is 21.8. The van der Waals surface area contributed by atoms with Gasteiger partial charge in [0.15, 0.2) is 1.41 Å². The van der Waals surface area contributed by atoms with Crippen LogP contribution in [-0.2, 0) is 11.2 Å². The molecule has 1 saturated heterocycles. The van der Waals surface area contributed by atoms with E-state index in [0.29, 0.717) is 0 Å². The number of ether oxygens (including phenoxy) is 1. The van der Waals surface area contributed by atoms with E-state index in [1.165, 1.54) is 0 Å². The average molecular weight is 409 g/mol. The van der Waals surface area contributed by atoms with Crippen molar-refractivity contribution in [3.63, 3.8) is 0 Å². The maximum atomic E-state index is 12.6. The van der Waals surface area contributed by atoms with Crippen LogP contribution in [0.5, 0.6) is 5.75 Å². The quantitative estimate of drug-likeness (QED) is 0.761. The predicted molar refractivity (Wildman–Crippen MR) is 113 cm³/mol. The Morgan fingerprint density at radius 2 is 1.93 bits per heavy atom. The van der Waals surface area contributed by atoms with Crippen LogP contribution in [0.3, 0.4) is 0 Å². The van der Waals surface area contributed by atoms with Gasteiger partial charge in [0, 0.05) is 69.0 Å². The number of carbonyl (C=O) groups excluding carboxylic acids is 1. The largest absolute Gasteiger partial charge is 0.494 e. The number of para-hydroxylation sites is 1. The number of benzene rings is 2. The Bertz CT molecular complexity index is 1990. The molecule has 4 rings (SSSR count). The lowest BCUT2D eigenvalue weighted by atomic mass is 10.0. The zero-order chi connectivity index (χ0) is 44.9. The Kier molecular flexibility index (Phi) is 1.50. The average Bonchev–Trinajstić information content (AvgIpc) is 3.05. The Hall–Kier alpha value is -2.53. The van der Waals surface area contributed by atoms with Gasteiger partial charge in [0.2, 0.25) is 5.91 Å². The highest BCUT2D eigenvalue weighted by Crippen LogP contribution is 2.27. The van der Waals surface area contributed by atoms with Crippen molar-refractivity contribution in [1.82, 2.24) is 4.90 Å². The molecule has 5 heteroatoms. The molecule has 0 spiro atoms. The number of hydrogen-bond donors (Lipinski definition) is 1. The summed E-state index contributed by atoms with van der Waals surface area (Å²) >= 11 is 0. The topological polar surface area (TPSA) is 44.8 Å². The van der Waals surface area contributed by atoms with Crippen molar-refractivity contribution in [3.8, 4) is 5.75 Å². The monoisotopic (exact) mass is 408 g/mol. The Labute approximate surface area is 208 Å². The number of nitrogens with zero attached hydrogens (tertiary/aromatic N) is 2. The van der Waals surface area contributed by atoms with E-state index < -0.39 is 157 Å². The van der Waals surface area contributed by atoms with E-state index in [2.05, 4.69) is 0 Å². The highest BCUT2D eigenvalue weighted by Gasteiger charge is 2.17. The summed E-state index contributed by atoms with van der Waals surface area (Å²) in [4.78, 5) is 11.0. The molecular weight excluding hydrogens is 350 g/mol. The first kappa shape index (κ1) is 4.62. The number of nitrogens with one attached hydrogen (secondary N) is 1. The van der Waals surface area contributed by atoms with Gasteiger partial charge in [0.25, 0.3) is 0 Å². The molecule has 0 unspecified atom stereocenters. The van der Waals surface area contributed by atoms with E-state index in [-0.39, 0.29) is 0 Å². The fourth-order valence-electron chi connectivity index (χ4n) is 1.82. The first-order chi connectivity index (χ1) is 25.1.